The lowest BCUT2D eigenvalue weighted by molar-refractivity contribution is -0.116. The van der Waals surface area contributed by atoms with Gasteiger partial charge in [0.05, 0.1) is 11.6 Å². The summed E-state index contributed by atoms with van der Waals surface area (Å²) in [4.78, 5) is 12.6. The highest BCUT2D eigenvalue weighted by Gasteiger charge is 2.40. The average Bonchev–Trinajstić information content (AvgIpc) is 2.81. The van der Waals surface area contributed by atoms with E-state index in [0.717, 1.165) is 36.3 Å². The van der Waals surface area contributed by atoms with Crippen LogP contribution in [0.15, 0.2) is 22.8 Å². The molecule has 126 valence electrons. The molecule has 0 unspecified atom stereocenters. The highest BCUT2D eigenvalue weighted by Crippen LogP contribution is 2.45. The summed E-state index contributed by atoms with van der Waals surface area (Å²) in [6.07, 6.45) is 2.88. The van der Waals surface area contributed by atoms with Crippen LogP contribution in [0.25, 0.3) is 0 Å². The van der Waals surface area contributed by atoms with E-state index in [9.17, 15) is 10.1 Å². The molecule has 6 nitrogen and oxygen atoms in total. The van der Waals surface area contributed by atoms with Gasteiger partial charge in [-0.3, -0.25) is 9.48 Å². The van der Waals surface area contributed by atoms with E-state index in [1.165, 1.54) is 0 Å². The molecule has 0 aromatic carbocycles. The molecule has 24 heavy (non-hydrogen) atoms. The van der Waals surface area contributed by atoms with Crippen LogP contribution < -0.4 is 5.73 Å². The molecule has 0 saturated heterocycles. The third-order valence-electron chi connectivity index (χ3n) is 4.77. The quantitative estimate of drug-likeness (QED) is 0.921. The topological polar surface area (TPSA) is 93.9 Å². The lowest BCUT2D eigenvalue weighted by Gasteiger charge is -2.31. The van der Waals surface area contributed by atoms with Crippen molar-refractivity contribution in [3.63, 3.8) is 0 Å². The highest BCUT2D eigenvalue weighted by molar-refractivity contribution is 5.99. The van der Waals surface area contributed by atoms with Crippen molar-refractivity contribution in [2.24, 2.45) is 5.73 Å². The fourth-order valence-electron chi connectivity index (χ4n) is 3.70. The Bertz CT molecular complexity index is 808. The van der Waals surface area contributed by atoms with Crippen molar-refractivity contribution in [2.45, 2.75) is 58.9 Å². The number of hydrogen-bond donors (Lipinski definition) is 1. The summed E-state index contributed by atoms with van der Waals surface area (Å²) in [5.41, 5.74) is 9.62. The third kappa shape index (κ3) is 2.41. The second-order valence-electron chi connectivity index (χ2n) is 6.35. The van der Waals surface area contributed by atoms with E-state index in [1.807, 2.05) is 18.5 Å². The number of allylic oxidation sites excluding steroid dienone is 3. The molecule has 3 rings (SSSR count). The summed E-state index contributed by atoms with van der Waals surface area (Å²) in [5, 5.41) is 14.2. The number of ether oxygens (including phenoxy) is 1. The van der Waals surface area contributed by atoms with Crippen molar-refractivity contribution < 1.29 is 9.53 Å². The van der Waals surface area contributed by atoms with Crippen LogP contribution in [0.1, 0.15) is 55.5 Å². The molecule has 1 aliphatic heterocycles. The van der Waals surface area contributed by atoms with Crippen LogP contribution in [-0.4, -0.2) is 15.6 Å². The fourth-order valence-corrected chi connectivity index (χ4v) is 3.70. The number of rotatable bonds is 3. The van der Waals surface area contributed by atoms with Crippen LogP contribution >= 0.6 is 0 Å². The predicted octanol–water partition coefficient (Wildman–Crippen LogP) is 2.72. The van der Waals surface area contributed by atoms with Gasteiger partial charge in [0.1, 0.15) is 17.4 Å². The molecule has 2 N–H and O–H groups in total. The van der Waals surface area contributed by atoms with Gasteiger partial charge in [0.2, 0.25) is 5.88 Å². The van der Waals surface area contributed by atoms with E-state index in [0.29, 0.717) is 29.7 Å². The van der Waals surface area contributed by atoms with Gasteiger partial charge in [0.15, 0.2) is 5.78 Å². The van der Waals surface area contributed by atoms with Gasteiger partial charge >= 0.3 is 0 Å². The number of carbonyl (C=O) groups excluding carboxylic acids is 1. The van der Waals surface area contributed by atoms with E-state index in [2.05, 4.69) is 18.1 Å². The number of aryl methyl sites for hydroxylation is 2. The van der Waals surface area contributed by atoms with Crippen molar-refractivity contribution in [3.05, 3.63) is 39.7 Å². The van der Waals surface area contributed by atoms with Crippen molar-refractivity contribution >= 4 is 5.78 Å². The van der Waals surface area contributed by atoms with E-state index in [1.54, 1.807) is 0 Å². The molecule has 0 bridgehead atoms. The maximum absolute atomic E-state index is 12.6. The van der Waals surface area contributed by atoms with E-state index in [4.69, 9.17) is 10.5 Å². The SMILES string of the molecule is CCCn1nc(C)c([C@@H]2C(C#N)=C(N)OC3=C2C(=O)CCC3)c1C. The van der Waals surface area contributed by atoms with Crippen molar-refractivity contribution in [1.82, 2.24) is 9.78 Å². The number of nitrogens with zero attached hydrogens (tertiary/aromatic N) is 3. The first-order valence-corrected chi connectivity index (χ1v) is 8.37. The zero-order valence-corrected chi connectivity index (χ0v) is 14.3. The minimum Gasteiger partial charge on any atom is -0.444 e. The molecule has 0 saturated carbocycles. The summed E-state index contributed by atoms with van der Waals surface area (Å²) in [6.45, 7) is 6.80. The van der Waals surface area contributed by atoms with Gasteiger partial charge < -0.3 is 10.5 Å². The first kappa shape index (κ1) is 16.3. The smallest absolute Gasteiger partial charge is 0.205 e. The summed E-state index contributed by atoms with van der Waals surface area (Å²) >= 11 is 0. The normalized spacial score (nSPS) is 20.8. The molecule has 1 aromatic rings. The van der Waals surface area contributed by atoms with Gasteiger partial charge in [-0.25, -0.2) is 0 Å². The molecular weight excluding hydrogens is 304 g/mol. The van der Waals surface area contributed by atoms with Crippen LogP contribution in [-0.2, 0) is 16.1 Å². The van der Waals surface area contributed by atoms with E-state index >= 15 is 0 Å². The monoisotopic (exact) mass is 326 g/mol. The second-order valence-corrected chi connectivity index (χ2v) is 6.35. The maximum atomic E-state index is 12.6. The predicted molar refractivity (Wildman–Crippen MR) is 88.5 cm³/mol. The van der Waals surface area contributed by atoms with Crippen LogP contribution in [0.2, 0.25) is 0 Å². The summed E-state index contributed by atoms with van der Waals surface area (Å²) < 4.78 is 7.56. The summed E-state index contributed by atoms with van der Waals surface area (Å²) in [7, 11) is 0. The molecule has 1 aromatic heterocycles. The first-order valence-electron chi connectivity index (χ1n) is 8.37. The number of Topliss-reactive ketones (excluding diaryl/α,β-unsaturated/α-hetero) is 1. The molecule has 2 heterocycles. The summed E-state index contributed by atoms with van der Waals surface area (Å²) in [5.74, 6) is 0.313. The molecule has 0 radical (unpaired) electrons. The van der Waals surface area contributed by atoms with Crippen molar-refractivity contribution in [1.29, 1.82) is 5.26 Å². The zero-order valence-electron chi connectivity index (χ0n) is 14.3. The number of nitriles is 1. The van der Waals surface area contributed by atoms with E-state index < -0.39 is 5.92 Å². The van der Waals surface area contributed by atoms with Gasteiger partial charge in [-0.05, 0) is 26.7 Å². The zero-order chi connectivity index (χ0) is 17.4. The number of hydrogen-bond acceptors (Lipinski definition) is 5. The average molecular weight is 326 g/mol. The van der Waals surface area contributed by atoms with Crippen LogP contribution in [0.5, 0.6) is 0 Å². The number of carbonyl (C=O) groups is 1. The Kier molecular flexibility index (Phi) is 4.18. The van der Waals surface area contributed by atoms with Gasteiger partial charge in [0.25, 0.3) is 0 Å². The van der Waals surface area contributed by atoms with Crippen LogP contribution in [0.4, 0.5) is 0 Å². The standard InChI is InChI=1S/C18H22N4O2/c1-4-8-22-11(3)15(10(2)21-22)16-12(9-19)18(20)24-14-7-5-6-13(23)17(14)16/h16H,4-8,20H2,1-3H3/t16-/m0/s1. The lowest BCUT2D eigenvalue weighted by Crippen LogP contribution is -2.28. The molecule has 2 aliphatic rings. The molecule has 1 aliphatic carbocycles. The number of ketones is 1. The largest absolute Gasteiger partial charge is 0.444 e. The molecular formula is C18H22N4O2. The summed E-state index contributed by atoms with van der Waals surface area (Å²) in [6, 6.07) is 2.16. The Morgan fingerprint density at radius 2 is 2.17 bits per heavy atom. The van der Waals surface area contributed by atoms with Crippen LogP contribution in [0.3, 0.4) is 0 Å². The third-order valence-corrected chi connectivity index (χ3v) is 4.77. The molecule has 6 heteroatoms. The number of nitrogens with two attached hydrogens (primary N) is 1. The molecule has 0 amide bonds. The number of aromatic nitrogens is 2. The van der Waals surface area contributed by atoms with E-state index in [-0.39, 0.29) is 11.7 Å². The van der Waals surface area contributed by atoms with Gasteiger partial charge in [0, 0.05) is 36.2 Å². The minimum absolute atomic E-state index is 0.0449. The second kappa shape index (κ2) is 6.16. The van der Waals surface area contributed by atoms with Gasteiger partial charge in [-0.1, -0.05) is 6.92 Å². The minimum atomic E-state index is -0.461. The fraction of sp³-hybridized carbons (Fsp3) is 0.500. The lowest BCUT2D eigenvalue weighted by atomic mass is 9.77. The molecule has 0 spiro atoms. The van der Waals surface area contributed by atoms with Gasteiger partial charge in [-0.15, -0.1) is 0 Å². The Morgan fingerprint density at radius 1 is 1.42 bits per heavy atom. The van der Waals surface area contributed by atoms with Crippen molar-refractivity contribution in [2.75, 3.05) is 0 Å². The molecule has 0 fully saturated rings. The Balaban J connectivity index is 2.22. The van der Waals surface area contributed by atoms with Crippen molar-refractivity contribution in [3.8, 4) is 6.07 Å². The van der Waals surface area contributed by atoms with Gasteiger partial charge in [-0.2, -0.15) is 10.4 Å². The first-order chi connectivity index (χ1) is 11.5. The molecule has 1 atom stereocenters. The van der Waals surface area contributed by atoms with Crippen LogP contribution in [0, 0.1) is 25.2 Å². The maximum Gasteiger partial charge on any atom is 0.205 e. The highest BCUT2D eigenvalue weighted by atomic mass is 16.5. The Hall–Kier alpha value is -2.55. The Labute approximate surface area is 141 Å². The Morgan fingerprint density at radius 3 is 2.83 bits per heavy atom.